The highest BCUT2D eigenvalue weighted by molar-refractivity contribution is 6.00. The molecule has 0 radical (unpaired) electrons. The molecule has 0 bridgehead atoms. The van der Waals surface area contributed by atoms with Crippen molar-refractivity contribution in [1.29, 1.82) is 0 Å². The van der Waals surface area contributed by atoms with Gasteiger partial charge in [0.1, 0.15) is 11.6 Å². The Kier molecular flexibility index (Phi) is 7.62. The molecule has 0 saturated heterocycles. The number of urea groups is 1. The van der Waals surface area contributed by atoms with Gasteiger partial charge in [-0.15, -0.1) is 0 Å². The van der Waals surface area contributed by atoms with Gasteiger partial charge in [0.05, 0.1) is 19.4 Å². The van der Waals surface area contributed by atoms with Gasteiger partial charge < -0.3 is 19.0 Å². The minimum atomic E-state index is -0.544. The maximum absolute atomic E-state index is 13.4. The molecule has 0 aliphatic rings. The van der Waals surface area contributed by atoms with Gasteiger partial charge in [0.25, 0.3) is 0 Å². The molecular formula is C27H28N4O4. The second-order valence-corrected chi connectivity index (χ2v) is 7.95. The molecule has 8 nitrogen and oxygen atoms in total. The van der Waals surface area contributed by atoms with Gasteiger partial charge in [-0.3, -0.25) is 4.90 Å². The SMILES string of the molecule is CCOC(=O)c1c(N(Cc2ccco2)C(=O)NCc2ccccc2)nc(Cc2ccccc2)n1C. The summed E-state index contributed by atoms with van der Waals surface area (Å²) in [5, 5.41) is 2.93. The summed E-state index contributed by atoms with van der Waals surface area (Å²) in [5.74, 6) is 0.871. The first-order valence-corrected chi connectivity index (χ1v) is 11.4. The van der Waals surface area contributed by atoms with Crippen molar-refractivity contribution in [2.45, 2.75) is 26.4 Å². The Morgan fingerprint density at radius 2 is 1.69 bits per heavy atom. The highest BCUT2D eigenvalue weighted by Crippen LogP contribution is 2.26. The first kappa shape index (κ1) is 23.8. The highest BCUT2D eigenvalue weighted by atomic mass is 16.5. The van der Waals surface area contributed by atoms with Crippen LogP contribution in [0.15, 0.2) is 83.5 Å². The standard InChI is InChI=1S/C27H28N4O4/c1-3-34-26(32)24-25(29-23(30(24)2)17-20-11-6-4-7-12-20)31(19-22-15-10-16-35-22)27(33)28-18-21-13-8-5-9-14-21/h4-16H,3,17-19H2,1-2H3,(H,28,33). The van der Waals surface area contributed by atoms with Crippen molar-refractivity contribution in [3.05, 3.63) is 107 Å². The summed E-state index contributed by atoms with van der Waals surface area (Å²) in [6.07, 6.45) is 2.03. The average molecular weight is 473 g/mol. The van der Waals surface area contributed by atoms with Crippen LogP contribution in [0, 0.1) is 0 Å². The fourth-order valence-electron chi connectivity index (χ4n) is 3.75. The third-order valence-corrected chi connectivity index (χ3v) is 5.52. The maximum Gasteiger partial charge on any atom is 0.358 e. The Bertz CT molecular complexity index is 1250. The number of furan rings is 1. The van der Waals surface area contributed by atoms with Gasteiger partial charge in [-0.05, 0) is 30.2 Å². The molecule has 35 heavy (non-hydrogen) atoms. The number of ether oxygens (including phenoxy) is 1. The van der Waals surface area contributed by atoms with Gasteiger partial charge in [-0.25, -0.2) is 14.6 Å². The van der Waals surface area contributed by atoms with Crippen molar-refractivity contribution >= 4 is 17.8 Å². The molecule has 0 aliphatic carbocycles. The van der Waals surface area contributed by atoms with E-state index in [1.54, 1.807) is 36.9 Å². The highest BCUT2D eigenvalue weighted by Gasteiger charge is 2.30. The van der Waals surface area contributed by atoms with E-state index in [0.717, 1.165) is 11.1 Å². The number of nitrogens with one attached hydrogen (secondary N) is 1. The molecule has 0 atom stereocenters. The van der Waals surface area contributed by atoms with Gasteiger partial charge >= 0.3 is 12.0 Å². The number of anilines is 1. The van der Waals surface area contributed by atoms with Crippen molar-refractivity contribution in [3.63, 3.8) is 0 Å². The van der Waals surface area contributed by atoms with E-state index in [1.165, 1.54) is 4.90 Å². The van der Waals surface area contributed by atoms with Crippen LogP contribution in [0.2, 0.25) is 0 Å². The number of aromatic nitrogens is 2. The minimum Gasteiger partial charge on any atom is -0.467 e. The molecule has 2 heterocycles. The molecule has 4 aromatic rings. The number of imidazole rings is 1. The Labute approximate surface area is 204 Å². The lowest BCUT2D eigenvalue weighted by molar-refractivity contribution is 0.0515. The van der Waals surface area contributed by atoms with Crippen molar-refractivity contribution in [2.75, 3.05) is 11.5 Å². The van der Waals surface area contributed by atoms with Crippen LogP contribution in [-0.2, 0) is 31.3 Å². The molecule has 1 N–H and O–H groups in total. The number of benzene rings is 2. The molecule has 0 spiro atoms. The lowest BCUT2D eigenvalue weighted by Gasteiger charge is -2.21. The number of carbonyl (C=O) groups is 2. The minimum absolute atomic E-state index is 0.0990. The molecule has 0 fully saturated rings. The van der Waals surface area contributed by atoms with Crippen molar-refractivity contribution < 1.29 is 18.7 Å². The first-order chi connectivity index (χ1) is 17.1. The molecule has 180 valence electrons. The summed E-state index contributed by atoms with van der Waals surface area (Å²) < 4.78 is 12.5. The quantitative estimate of drug-likeness (QED) is 0.357. The topological polar surface area (TPSA) is 89.6 Å². The molecule has 0 unspecified atom stereocenters. The summed E-state index contributed by atoms with van der Waals surface area (Å²) in [6.45, 7) is 2.37. The van der Waals surface area contributed by atoms with E-state index < -0.39 is 12.0 Å². The van der Waals surface area contributed by atoms with Gasteiger partial charge in [0, 0.05) is 20.0 Å². The Morgan fingerprint density at radius 3 is 2.31 bits per heavy atom. The molecule has 4 rings (SSSR count). The van der Waals surface area contributed by atoms with Crippen LogP contribution in [0.4, 0.5) is 10.6 Å². The lowest BCUT2D eigenvalue weighted by atomic mass is 10.1. The van der Waals surface area contributed by atoms with Crippen molar-refractivity contribution in [2.24, 2.45) is 7.05 Å². The first-order valence-electron chi connectivity index (χ1n) is 11.4. The Hall–Kier alpha value is -4.33. The van der Waals surface area contributed by atoms with Crippen LogP contribution in [0.5, 0.6) is 0 Å². The zero-order chi connectivity index (χ0) is 24.6. The van der Waals surface area contributed by atoms with Gasteiger partial charge in [0.2, 0.25) is 0 Å². The van der Waals surface area contributed by atoms with Gasteiger partial charge in [-0.2, -0.15) is 0 Å². The monoisotopic (exact) mass is 472 g/mol. The van der Waals surface area contributed by atoms with Crippen LogP contribution in [0.25, 0.3) is 0 Å². The number of rotatable bonds is 9. The molecule has 2 aromatic carbocycles. The second kappa shape index (κ2) is 11.2. The predicted molar refractivity (Wildman–Crippen MR) is 132 cm³/mol. The fourth-order valence-corrected chi connectivity index (χ4v) is 3.75. The molecule has 0 aliphatic heterocycles. The second-order valence-electron chi connectivity index (χ2n) is 7.95. The largest absolute Gasteiger partial charge is 0.467 e. The van der Waals surface area contributed by atoms with Gasteiger partial charge in [0.15, 0.2) is 11.5 Å². The van der Waals surface area contributed by atoms with Crippen LogP contribution >= 0.6 is 0 Å². The number of nitrogens with zero attached hydrogens (tertiary/aromatic N) is 3. The van der Waals surface area contributed by atoms with E-state index in [9.17, 15) is 9.59 Å². The number of amides is 2. The Balaban J connectivity index is 1.71. The number of hydrogen-bond donors (Lipinski definition) is 1. The number of hydrogen-bond acceptors (Lipinski definition) is 5. The normalized spacial score (nSPS) is 10.7. The van der Waals surface area contributed by atoms with E-state index in [-0.39, 0.29) is 24.7 Å². The van der Waals surface area contributed by atoms with E-state index >= 15 is 0 Å². The molecule has 2 aromatic heterocycles. The third-order valence-electron chi connectivity index (χ3n) is 5.52. The van der Waals surface area contributed by atoms with E-state index in [2.05, 4.69) is 5.32 Å². The van der Waals surface area contributed by atoms with E-state index in [4.69, 9.17) is 14.1 Å². The van der Waals surface area contributed by atoms with Crippen LogP contribution < -0.4 is 10.2 Å². The smallest absolute Gasteiger partial charge is 0.358 e. The fraction of sp³-hybridized carbons (Fsp3) is 0.222. The third kappa shape index (κ3) is 5.78. The van der Waals surface area contributed by atoms with Crippen LogP contribution in [0.3, 0.4) is 0 Å². The zero-order valence-electron chi connectivity index (χ0n) is 19.8. The molecule has 8 heteroatoms. The summed E-state index contributed by atoms with van der Waals surface area (Å²) in [4.78, 5) is 32.6. The van der Waals surface area contributed by atoms with Crippen molar-refractivity contribution in [1.82, 2.24) is 14.9 Å². The summed E-state index contributed by atoms with van der Waals surface area (Å²) >= 11 is 0. The average Bonchev–Trinajstić information content (AvgIpc) is 3.50. The predicted octanol–water partition coefficient (Wildman–Crippen LogP) is 4.70. The molecular weight excluding hydrogens is 444 g/mol. The summed E-state index contributed by atoms with van der Waals surface area (Å²) in [6, 6.07) is 22.6. The van der Waals surface area contributed by atoms with E-state index in [1.807, 2.05) is 60.7 Å². The Morgan fingerprint density at radius 1 is 1.00 bits per heavy atom. The summed E-state index contributed by atoms with van der Waals surface area (Å²) in [7, 11) is 1.76. The lowest BCUT2D eigenvalue weighted by Crippen LogP contribution is -2.40. The maximum atomic E-state index is 13.4. The molecule has 0 saturated carbocycles. The van der Waals surface area contributed by atoms with Crippen LogP contribution in [-0.4, -0.2) is 28.2 Å². The van der Waals surface area contributed by atoms with Crippen LogP contribution in [0.1, 0.15) is 40.1 Å². The zero-order valence-corrected chi connectivity index (χ0v) is 19.8. The number of carbonyl (C=O) groups excluding carboxylic acids is 2. The molecule has 2 amide bonds. The van der Waals surface area contributed by atoms with Gasteiger partial charge in [-0.1, -0.05) is 60.7 Å². The number of esters is 1. The van der Waals surface area contributed by atoms with Crippen molar-refractivity contribution in [3.8, 4) is 0 Å². The summed E-state index contributed by atoms with van der Waals surface area (Å²) in [5.41, 5.74) is 2.20. The van der Waals surface area contributed by atoms with E-state index in [0.29, 0.717) is 24.6 Å².